The van der Waals surface area contributed by atoms with E-state index >= 15 is 0 Å². The zero-order chi connectivity index (χ0) is 12.6. The van der Waals surface area contributed by atoms with Crippen molar-refractivity contribution in [1.82, 2.24) is 0 Å². The Labute approximate surface area is 118 Å². The van der Waals surface area contributed by atoms with Crippen LogP contribution >= 0.6 is 22.7 Å². The average Bonchev–Trinajstić information content (AvgIpc) is 3.06. The van der Waals surface area contributed by atoms with E-state index in [4.69, 9.17) is 0 Å². The summed E-state index contributed by atoms with van der Waals surface area (Å²) in [7, 11) is 0. The molecule has 94 valence electrons. The van der Waals surface area contributed by atoms with E-state index in [1.807, 2.05) is 0 Å². The van der Waals surface area contributed by atoms with Gasteiger partial charge in [-0.3, -0.25) is 4.79 Å². The summed E-state index contributed by atoms with van der Waals surface area (Å²) in [5, 5.41) is 2.67. The van der Waals surface area contributed by atoms with Crippen LogP contribution in [0.25, 0.3) is 21.6 Å². The Kier molecular flexibility index (Phi) is 1.93. The van der Waals surface area contributed by atoms with Gasteiger partial charge in [-0.25, -0.2) is 0 Å². The van der Waals surface area contributed by atoms with Crippen molar-refractivity contribution >= 4 is 44.2 Å². The second-order valence-corrected chi connectivity index (χ2v) is 8.11. The third-order valence-corrected chi connectivity index (χ3v) is 6.94. The molecule has 1 aromatic heterocycles. The first kappa shape index (κ1) is 10.6. The maximum atomic E-state index is 11.5. The monoisotopic (exact) mass is 284 g/mol. The van der Waals surface area contributed by atoms with Crippen LogP contribution in [0.3, 0.4) is 0 Å². The summed E-state index contributed by atoms with van der Waals surface area (Å²) in [5.41, 5.74) is 0. The van der Waals surface area contributed by atoms with E-state index in [0.717, 1.165) is 21.2 Å². The molecule has 0 saturated heterocycles. The lowest BCUT2D eigenvalue weighted by atomic mass is 9.79. The summed E-state index contributed by atoms with van der Waals surface area (Å²) in [5.74, 6) is 2.87. The summed E-state index contributed by atoms with van der Waals surface area (Å²) < 4.78 is 2.50. The molecule has 4 atom stereocenters. The maximum Gasteiger partial charge on any atom is 0.288 e. The fourth-order valence-corrected chi connectivity index (χ4v) is 6.03. The van der Waals surface area contributed by atoms with Gasteiger partial charge in [0.2, 0.25) is 0 Å². The van der Waals surface area contributed by atoms with Crippen LogP contribution in [0.1, 0.15) is 6.42 Å². The van der Waals surface area contributed by atoms with Crippen LogP contribution in [-0.2, 0) is 0 Å². The maximum absolute atomic E-state index is 11.5. The fraction of sp³-hybridized carbons (Fsp3) is 0.312. The number of rotatable bonds is 0. The topological polar surface area (TPSA) is 17.1 Å². The highest BCUT2D eigenvalue weighted by atomic mass is 32.2. The summed E-state index contributed by atoms with van der Waals surface area (Å²) in [6.45, 7) is 0. The van der Waals surface area contributed by atoms with Crippen molar-refractivity contribution in [2.45, 2.75) is 6.42 Å². The molecular weight excluding hydrogens is 272 g/mol. The number of benzene rings is 1. The molecule has 3 aliphatic rings. The van der Waals surface area contributed by atoms with Gasteiger partial charge in [0.1, 0.15) is 0 Å². The van der Waals surface area contributed by atoms with Gasteiger partial charge in [-0.15, -0.1) is 0 Å². The van der Waals surface area contributed by atoms with Crippen molar-refractivity contribution in [2.75, 3.05) is 0 Å². The molecule has 0 N–H and O–H groups in total. The number of fused-ring (bicyclic) bond motifs is 7. The van der Waals surface area contributed by atoms with Crippen LogP contribution in [0, 0.1) is 23.7 Å². The van der Waals surface area contributed by atoms with Crippen molar-refractivity contribution in [3.05, 3.63) is 43.6 Å². The Balaban J connectivity index is 1.83. The van der Waals surface area contributed by atoms with Crippen molar-refractivity contribution < 1.29 is 0 Å². The molecular formula is C16H12OS2. The summed E-state index contributed by atoms with van der Waals surface area (Å²) in [4.78, 5) is 11.5. The van der Waals surface area contributed by atoms with Gasteiger partial charge in [0.15, 0.2) is 0 Å². The first-order valence-electron chi connectivity index (χ1n) is 6.74. The van der Waals surface area contributed by atoms with Gasteiger partial charge < -0.3 is 0 Å². The smallest absolute Gasteiger partial charge is 0.265 e. The minimum atomic E-state index is 0.208. The summed E-state index contributed by atoms with van der Waals surface area (Å²) in [6, 6.07) is 4.44. The Morgan fingerprint density at radius 1 is 0.895 bits per heavy atom. The Morgan fingerprint density at radius 2 is 1.42 bits per heavy atom. The normalized spacial score (nSPS) is 33.9. The Hall–Kier alpha value is -1.19. The molecule has 1 saturated carbocycles. The fourth-order valence-electron chi connectivity index (χ4n) is 4.02. The van der Waals surface area contributed by atoms with E-state index in [9.17, 15) is 4.79 Å². The molecule has 3 heteroatoms. The van der Waals surface area contributed by atoms with Gasteiger partial charge in [-0.05, 0) is 52.7 Å². The van der Waals surface area contributed by atoms with E-state index in [-0.39, 0.29) is 4.06 Å². The van der Waals surface area contributed by atoms with Gasteiger partial charge in [-0.2, -0.15) is 0 Å². The molecule has 0 amide bonds. The molecule has 1 heterocycles. The van der Waals surface area contributed by atoms with Crippen molar-refractivity contribution in [1.29, 1.82) is 0 Å². The Bertz CT molecular complexity index is 829. The molecule has 0 radical (unpaired) electrons. The molecule has 3 aliphatic carbocycles. The van der Waals surface area contributed by atoms with Gasteiger partial charge >= 0.3 is 0 Å². The molecule has 0 spiro atoms. The van der Waals surface area contributed by atoms with Crippen molar-refractivity contribution in [3.63, 3.8) is 0 Å². The van der Waals surface area contributed by atoms with Crippen LogP contribution < -0.4 is 14.5 Å². The van der Waals surface area contributed by atoms with Crippen LogP contribution in [0.2, 0.25) is 0 Å². The van der Waals surface area contributed by atoms with Crippen molar-refractivity contribution in [3.8, 4) is 0 Å². The number of allylic oxidation sites excluding steroid dienone is 2. The third-order valence-electron chi connectivity index (χ3n) is 4.86. The number of hydrogen-bond donors (Lipinski definition) is 0. The second kappa shape index (κ2) is 3.47. The Morgan fingerprint density at radius 3 is 1.95 bits per heavy atom. The van der Waals surface area contributed by atoms with E-state index < -0.39 is 0 Å². The van der Waals surface area contributed by atoms with E-state index in [0.29, 0.717) is 11.8 Å². The minimum absolute atomic E-state index is 0.208. The average molecular weight is 284 g/mol. The van der Waals surface area contributed by atoms with Gasteiger partial charge in [0.25, 0.3) is 4.06 Å². The zero-order valence-electron chi connectivity index (χ0n) is 10.2. The van der Waals surface area contributed by atoms with Crippen LogP contribution in [0.15, 0.2) is 29.1 Å². The molecule has 1 fully saturated rings. The van der Waals surface area contributed by atoms with Gasteiger partial charge in [-0.1, -0.05) is 47.0 Å². The molecule has 4 unspecified atom stereocenters. The zero-order valence-corrected chi connectivity index (χ0v) is 11.8. The predicted octanol–water partition coefficient (Wildman–Crippen LogP) is 2.34. The second-order valence-electron chi connectivity index (χ2n) is 5.82. The lowest BCUT2D eigenvalue weighted by molar-refractivity contribution is 0.488. The third kappa shape index (κ3) is 1.37. The van der Waals surface area contributed by atoms with E-state index in [2.05, 4.69) is 36.4 Å². The highest BCUT2D eigenvalue weighted by molar-refractivity contribution is 7.35. The lowest BCUT2D eigenvalue weighted by Gasteiger charge is -2.25. The van der Waals surface area contributed by atoms with E-state index in [1.165, 1.54) is 39.5 Å². The van der Waals surface area contributed by atoms with E-state index in [1.54, 1.807) is 0 Å². The standard InChI is InChI=1S/C16H12OS2/c17-16-18-14-6-10-4-12-8-1-2-9(3-8)13(12)5-11(10)7-15(14)19-16/h1-2,4-9,12-13H,3H2. The first-order chi connectivity index (χ1) is 9.28. The molecule has 19 heavy (non-hydrogen) atoms. The molecule has 1 aromatic carbocycles. The SMILES string of the molecule is O=c1sc2cc3c(cc2s1)=CC1C2C=CC(C2)C1C=3. The highest BCUT2D eigenvalue weighted by Gasteiger charge is 2.42. The first-order valence-corrected chi connectivity index (χ1v) is 8.37. The lowest BCUT2D eigenvalue weighted by Crippen LogP contribution is -2.34. The molecule has 0 aliphatic heterocycles. The van der Waals surface area contributed by atoms with Gasteiger partial charge in [0.05, 0.1) is 0 Å². The molecule has 5 rings (SSSR count). The molecule has 2 bridgehead atoms. The quantitative estimate of drug-likeness (QED) is 0.679. The van der Waals surface area contributed by atoms with Crippen LogP contribution in [0.4, 0.5) is 0 Å². The predicted molar refractivity (Wildman–Crippen MR) is 81.9 cm³/mol. The minimum Gasteiger partial charge on any atom is -0.265 e. The molecule has 1 nitrogen and oxygen atoms in total. The van der Waals surface area contributed by atoms with Crippen LogP contribution in [0.5, 0.6) is 0 Å². The summed E-state index contributed by atoms with van der Waals surface area (Å²) >= 11 is 2.76. The van der Waals surface area contributed by atoms with Crippen molar-refractivity contribution in [2.24, 2.45) is 23.7 Å². The van der Waals surface area contributed by atoms with Crippen LogP contribution in [-0.4, -0.2) is 0 Å². The number of hydrogen-bond acceptors (Lipinski definition) is 3. The molecule has 2 aromatic rings. The largest absolute Gasteiger partial charge is 0.288 e. The highest BCUT2D eigenvalue weighted by Crippen LogP contribution is 2.49. The van der Waals surface area contributed by atoms with Gasteiger partial charge in [0, 0.05) is 9.40 Å². The summed E-state index contributed by atoms with van der Waals surface area (Å²) in [6.07, 6.45) is 11.1.